The lowest BCUT2D eigenvalue weighted by Crippen LogP contribution is -2.48. The quantitative estimate of drug-likeness (QED) is 0.830. The molecule has 1 saturated heterocycles. The van der Waals surface area contributed by atoms with Crippen LogP contribution in [-0.2, 0) is 10.0 Å². The van der Waals surface area contributed by atoms with Crippen LogP contribution in [0.3, 0.4) is 0 Å². The van der Waals surface area contributed by atoms with Crippen LogP contribution in [0, 0.1) is 12.8 Å². The van der Waals surface area contributed by atoms with Gasteiger partial charge in [-0.2, -0.15) is 0 Å². The summed E-state index contributed by atoms with van der Waals surface area (Å²) in [5.41, 5.74) is 0.270. The summed E-state index contributed by atoms with van der Waals surface area (Å²) in [5.74, 6) is 0.342. The number of hydrogen-bond donors (Lipinski definition) is 2. The third-order valence-electron chi connectivity index (χ3n) is 3.98. The highest BCUT2D eigenvalue weighted by Crippen LogP contribution is 2.22. The molecule has 1 aromatic heterocycles. The maximum atomic E-state index is 12.4. The molecule has 132 valence electrons. The van der Waals surface area contributed by atoms with Crippen LogP contribution in [0.5, 0.6) is 0 Å². The zero-order valence-electron chi connectivity index (χ0n) is 13.8. The van der Waals surface area contributed by atoms with Crippen LogP contribution >= 0.6 is 12.4 Å². The smallest absolute Gasteiger partial charge is 0.275 e. The molecular weight excluding hydrogens is 342 g/mol. The lowest BCUT2D eigenvalue weighted by atomic mass is 9.95. The summed E-state index contributed by atoms with van der Waals surface area (Å²) >= 11 is 0. The summed E-state index contributed by atoms with van der Waals surface area (Å²) < 4.78 is 30.4. The van der Waals surface area contributed by atoms with Gasteiger partial charge in [0.2, 0.25) is 5.09 Å². The minimum absolute atomic E-state index is 0. The molecule has 0 aromatic carbocycles. The standard InChI is InChI=1S/C14H23N3O4S.ClH/c1-9-8-15-6-5-12(9)16-14(18)11-7-13(21-10(11)2)22(19,20)17(3)4;/h7,9,12,15H,5-6,8H2,1-4H3,(H,16,18);1H. The van der Waals surface area contributed by atoms with E-state index < -0.39 is 10.0 Å². The van der Waals surface area contributed by atoms with Gasteiger partial charge in [0.05, 0.1) is 5.56 Å². The van der Waals surface area contributed by atoms with E-state index in [1.54, 1.807) is 6.92 Å². The van der Waals surface area contributed by atoms with Crippen molar-refractivity contribution >= 4 is 28.3 Å². The Morgan fingerprint density at radius 3 is 2.65 bits per heavy atom. The first-order valence-electron chi connectivity index (χ1n) is 7.28. The van der Waals surface area contributed by atoms with Gasteiger partial charge >= 0.3 is 0 Å². The molecule has 1 aromatic rings. The van der Waals surface area contributed by atoms with E-state index >= 15 is 0 Å². The Morgan fingerprint density at radius 2 is 2.09 bits per heavy atom. The highest BCUT2D eigenvalue weighted by atomic mass is 35.5. The third kappa shape index (κ3) is 4.26. The summed E-state index contributed by atoms with van der Waals surface area (Å²) in [5, 5.41) is 6.03. The monoisotopic (exact) mass is 365 g/mol. The van der Waals surface area contributed by atoms with Gasteiger partial charge in [0, 0.05) is 26.2 Å². The second-order valence-electron chi connectivity index (χ2n) is 5.87. The Morgan fingerprint density at radius 1 is 1.43 bits per heavy atom. The highest BCUT2D eigenvalue weighted by molar-refractivity contribution is 7.88. The molecule has 0 spiro atoms. The molecule has 2 unspecified atom stereocenters. The van der Waals surface area contributed by atoms with E-state index in [0.29, 0.717) is 11.7 Å². The Kier molecular flexibility index (Phi) is 6.64. The molecular formula is C14H24ClN3O4S. The van der Waals surface area contributed by atoms with Crippen molar-refractivity contribution in [2.24, 2.45) is 5.92 Å². The van der Waals surface area contributed by atoms with Gasteiger partial charge in [0.15, 0.2) is 0 Å². The van der Waals surface area contributed by atoms with Gasteiger partial charge in [0.1, 0.15) is 5.76 Å². The summed E-state index contributed by atoms with van der Waals surface area (Å²) in [7, 11) is -0.839. The number of furan rings is 1. The average molecular weight is 366 g/mol. The average Bonchev–Trinajstić information content (AvgIpc) is 2.84. The number of nitrogens with zero attached hydrogens (tertiary/aromatic N) is 1. The van der Waals surface area contributed by atoms with E-state index in [-0.39, 0.29) is 35.0 Å². The summed E-state index contributed by atoms with van der Waals surface area (Å²) in [6.07, 6.45) is 0.854. The number of halogens is 1. The number of hydrogen-bond acceptors (Lipinski definition) is 5. The van der Waals surface area contributed by atoms with Gasteiger partial charge in [-0.15, -0.1) is 12.4 Å². The van der Waals surface area contributed by atoms with Crippen molar-refractivity contribution < 1.29 is 17.6 Å². The predicted octanol–water partition coefficient (Wildman–Crippen LogP) is 0.988. The largest absolute Gasteiger partial charge is 0.448 e. The topological polar surface area (TPSA) is 91.7 Å². The first kappa shape index (κ1) is 20.0. The van der Waals surface area contributed by atoms with Crippen LogP contribution in [0.1, 0.15) is 29.5 Å². The maximum absolute atomic E-state index is 12.4. The number of carbonyl (C=O) groups excluding carboxylic acids is 1. The van der Waals surface area contributed by atoms with E-state index in [9.17, 15) is 13.2 Å². The molecule has 2 rings (SSSR count). The van der Waals surface area contributed by atoms with E-state index in [1.165, 1.54) is 20.2 Å². The number of nitrogens with one attached hydrogen (secondary N) is 2. The molecule has 0 saturated carbocycles. The first-order chi connectivity index (χ1) is 10.2. The predicted molar refractivity (Wildman–Crippen MR) is 89.5 cm³/mol. The lowest BCUT2D eigenvalue weighted by Gasteiger charge is -2.30. The molecule has 2 atom stereocenters. The molecule has 1 amide bonds. The van der Waals surface area contributed by atoms with Crippen molar-refractivity contribution in [3.63, 3.8) is 0 Å². The van der Waals surface area contributed by atoms with Crippen LogP contribution in [0.2, 0.25) is 0 Å². The molecule has 0 bridgehead atoms. The number of aryl methyl sites for hydroxylation is 1. The molecule has 2 N–H and O–H groups in total. The Labute approximate surface area is 143 Å². The van der Waals surface area contributed by atoms with E-state index in [2.05, 4.69) is 17.6 Å². The first-order valence-corrected chi connectivity index (χ1v) is 8.72. The number of sulfonamides is 1. The van der Waals surface area contributed by atoms with Gasteiger partial charge in [-0.05, 0) is 32.4 Å². The fraction of sp³-hybridized carbons (Fsp3) is 0.643. The fourth-order valence-electron chi connectivity index (χ4n) is 2.46. The zero-order valence-corrected chi connectivity index (χ0v) is 15.4. The van der Waals surface area contributed by atoms with E-state index in [1.807, 2.05) is 0 Å². The van der Waals surface area contributed by atoms with Crippen LogP contribution in [0.4, 0.5) is 0 Å². The Hall–Kier alpha value is -1.09. The second kappa shape index (κ2) is 7.65. The summed E-state index contributed by atoms with van der Waals surface area (Å²) in [6.45, 7) is 5.38. The lowest BCUT2D eigenvalue weighted by molar-refractivity contribution is 0.0912. The SMILES string of the molecule is Cc1oc(S(=O)(=O)N(C)C)cc1C(=O)NC1CCNCC1C.Cl. The van der Waals surface area contributed by atoms with Gasteiger partial charge in [-0.1, -0.05) is 6.92 Å². The zero-order chi connectivity index (χ0) is 16.5. The molecule has 7 nitrogen and oxygen atoms in total. The fourth-order valence-corrected chi connectivity index (χ4v) is 3.32. The second-order valence-corrected chi connectivity index (χ2v) is 7.96. The third-order valence-corrected chi connectivity index (χ3v) is 5.65. The molecule has 9 heteroatoms. The van der Waals surface area contributed by atoms with Crippen molar-refractivity contribution in [3.05, 3.63) is 17.4 Å². The normalized spacial score (nSPS) is 21.8. The Bertz CT molecular complexity index is 657. The number of amides is 1. The van der Waals surface area contributed by atoms with E-state index in [0.717, 1.165) is 23.8 Å². The molecule has 1 aliphatic rings. The summed E-state index contributed by atoms with van der Waals surface area (Å²) in [4.78, 5) is 12.4. The minimum atomic E-state index is -3.68. The highest BCUT2D eigenvalue weighted by Gasteiger charge is 2.28. The van der Waals surface area contributed by atoms with Crippen molar-refractivity contribution in [2.75, 3.05) is 27.2 Å². The van der Waals surface area contributed by atoms with Crippen molar-refractivity contribution in [3.8, 4) is 0 Å². The molecule has 1 aliphatic heterocycles. The molecule has 1 fully saturated rings. The number of rotatable bonds is 4. The van der Waals surface area contributed by atoms with Crippen LogP contribution in [0.15, 0.2) is 15.6 Å². The van der Waals surface area contributed by atoms with Crippen molar-refractivity contribution in [1.29, 1.82) is 0 Å². The van der Waals surface area contributed by atoms with Crippen molar-refractivity contribution in [1.82, 2.24) is 14.9 Å². The maximum Gasteiger partial charge on any atom is 0.275 e. The van der Waals surface area contributed by atoms with Gasteiger partial charge < -0.3 is 15.1 Å². The van der Waals surface area contributed by atoms with Gasteiger partial charge in [-0.3, -0.25) is 4.79 Å². The Balaban J connectivity index is 0.00000264. The van der Waals surface area contributed by atoms with Crippen LogP contribution in [0.25, 0.3) is 0 Å². The molecule has 2 heterocycles. The van der Waals surface area contributed by atoms with Crippen molar-refractivity contribution in [2.45, 2.75) is 31.4 Å². The van der Waals surface area contributed by atoms with Crippen LogP contribution in [-0.4, -0.2) is 51.9 Å². The van der Waals surface area contributed by atoms with Crippen LogP contribution < -0.4 is 10.6 Å². The molecule has 0 aliphatic carbocycles. The molecule has 23 heavy (non-hydrogen) atoms. The van der Waals surface area contributed by atoms with Gasteiger partial charge in [0.25, 0.3) is 15.9 Å². The number of carbonyl (C=O) groups is 1. The molecule has 0 radical (unpaired) electrons. The summed E-state index contributed by atoms with van der Waals surface area (Å²) in [6, 6.07) is 1.38. The van der Waals surface area contributed by atoms with E-state index in [4.69, 9.17) is 4.42 Å². The number of piperidine rings is 1. The van der Waals surface area contributed by atoms with Gasteiger partial charge in [-0.25, -0.2) is 12.7 Å². The minimum Gasteiger partial charge on any atom is -0.448 e.